The first-order chi connectivity index (χ1) is 8.24. The Labute approximate surface area is 107 Å². The molecule has 0 aliphatic heterocycles. The van der Waals surface area contributed by atoms with E-state index in [1.807, 2.05) is 6.20 Å². The van der Waals surface area contributed by atoms with Gasteiger partial charge in [-0.1, -0.05) is 30.3 Å². The molecule has 0 spiro atoms. The monoisotopic (exact) mass is 246 g/mol. The third-order valence-electron chi connectivity index (χ3n) is 2.66. The van der Waals surface area contributed by atoms with Gasteiger partial charge >= 0.3 is 0 Å². The minimum atomic E-state index is 0.474. The van der Waals surface area contributed by atoms with Crippen molar-refractivity contribution in [2.24, 2.45) is 0 Å². The van der Waals surface area contributed by atoms with E-state index in [1.165, 1.54) is 15.4 Å². The summed E-state index contributed by atoms with van der Waals surface area (Å²) in [6.07, 6.45) is 2.99. The van der Waals surface area contributed by atoms with Crippen LogP contribution in [0.1, 0.15) is 22.4 Å². The molecule has 0 aliphatic rings. The molecule has 90 valence electrons. The third-order valence-corrected chi connectivity index (χ3v) is 3.57. The molecule has 1 aromatic carbocycles. The van der Waals surface area contributed by atoms with Gasteiger partial charge in [0.15, 0.2) is 0 Å². The molecule has 1 heterocycles. The van der Waals surface area contributed by atoms with E-state index in [-0.39, 0.29) is 0 Å². The Kier molecular flexibility index (Phi) is 4.29. The fourth-order valence-electron chi connectivity index (χ4n) is 1.78. The number of rotatable bonds is 5. The van der Waals surface area contributed by atoms with Crippen LogP contribution in [0.5, 0.6) is 0 Å². The molecule has 0 saturated heterocycles. The van der Waals surface area contributed by atoms with Gasteiger partial charge in [0.05, 0.1) is 0 Å². The van der Waals surface area contributed by atoms with Gasteiger partial charge in [-0.15, -0.1) is 11.3 Å². The van der Waals surface area contributed by atoms with Crippen molar-refractivity contribution in [3.63, 3.8) is 0 Å². The highest BCUT2D eigenvalue weighted by Crippen LogP contribution is 2.11. The molecule has 0 aliphatic carbocycles. The second kappa shape index (κ2) is 5.94. The molecule has 2 aromatic rings. The number of aromatic nitrogens is 1. The first kappa shape index (κ1) is 12.3. The molecule has 0 fully saturated rings. The molecule has 2 rings (SSSR count). The average Bonchev–Trinajstić information content (AvgIpc) is 2.74. The second-order valence-corrected chi connectivity index (χ2v) is 5.66. The zero-order valence-electron chi connectivity index (χ0n) is 10.3. The van der Waals surface area contributed by atoms with Crippen molar-refractivity contribution in [2.75, 3.05) is 0 Å². The van der Waals surface area contributed by atoms with Crippen LogP contribution in [-0.4, -0.2) is 11.0 Å². The van der Waals surface area contributed by atoms with Gasteiger partial charge in [0.1, 0.15) is 5.01 Å². The number of thiazole rings is 1. The van der Waals surface area contributed by atoms with E-state index in [1.54, 1.807) is 11.3 Å². The molecule has 1 unspecified atom stereocenters. The third kappa shape index (κ3) is 3.95. The number of hydrogen-bond donors (Lipinski definition) is 1. The Morgan fingerprint density at radius 1 is 1.29 bits per heavy atom. The maximum atomic E-state index is 4.35. The van der Waals surface area contributed by atoms with Crippen LogP contribution in [0.3, 0.4) is 0 Å². The number of benzene rings is 1. The first-order valence-corrected chi connectivity index (χ1v) is 6.74. The zero-order valence-corrected chi connectivity index (χ0v) is 11.1. The number of aryl methyl sites for hydroxylation is 1. The van der Waals surface area contributed by atoms with Crippen molar-refractivity contribution in [1.29, 1.82) is 0 Å². The molecule has 17 heavy (non-hydrogen) atoms. The predicted octanol–water partition coefficient (Wildman–Crippen LogP) is 3.17. The molecule has 0 amide bonds. The first-order valence-electron chi connectivity index (χ1n) is 5.92. The fourth-order valence-corrected chi connectivity index (χ4v) is 2.52. The van der Waals surface area contributed by atoms with Crippen molar-refractivity contribution < 1.29 is 0 Å². The Morgan fingerprint density at radius 2 is 2.06 bits per heavy atom. The van der Waals surface area contributed by atoms with E-state index in [2.05, 4.69) is 54.5 Å². The smallest absolute Gasteiger partial charge is 0.107 e. The largest absolute Gasteiger partial charge is 0.308 e. The quantitative estimate of drug-likeness (QED) is 0.876. The molecular weight excluding hydrogens is 228 g/mol. The van der Waals surface area contributed by atoms with Crippen molar-refractivity contribution >= 4 is 11.3 Å². The highest BCUT2D eigenvalue weighted by Gasteiger charge is 2.04. The maximum absolute atomic E-state index is 4.35. The van der Waals surface area contributed by atoms with Crippen LogP contribution in [0.25, 0.3) is 0 Å². The minimum Gasteiger partial charge on any atom is -0.308 e. The van der Waals surface area contributed by atoms with Crippen molar-refractivity contribution in [3.8, 4) is 0 Å². The lowest BCUT2D eigenvalue weighted by Gasteiger charge is -2.12. The highest BCUT2D eigenvalue weighted by molar-refractivity contribution is 7.11. The number of nitrogens with one attached hydrogen (secondary N) is 1. The van der Waals surface area contributed by atoms with Gasteiger partial charge in [-0.25, -0.2) is 4.98 Å². The van der Waals surface area contributed by atoms with Crippen LogP contribution in [0.2, 0.25) is 0 Å². The summed E-state index contributed by atoms with van der Waals surface area (Å²) in [4.78, 5) is 5.63. The van der Waals surface area contributed by atoms with Gasteiger partial charge < -0.3 is 5.32 Å². The summed E-state index contributed by atoms with van der Waals surface area (Å²) in [7, 11) is 0. The lowest BCUT2D eigenvalue weighted by molar-refractivity contribution is 0.544. The van der Waals surface area contributed by atoms with Crippen LogP contribution < -0.4 is 5.32 Å². The Bertz CT molecular complexity index is 450. The van der Waals surface area contributed by atoms with Crippen molar-refractivity contribution in [3.05, 3.63) is 52.0 Å². The van der Waals surface area contributed by atoms with Gasteiger partial charge in [-0.05, 0) is 25.8 Å². The topological polar surface area (TPSA) is 24.9 Å². The van der Waals surface area contributed by atoms with Gasteiger partial charge in [-0.2, -0.15) is 0 Å². The van der Waals surface area contributed by atoms with Crippen LogP contribution in [0.4, 0.5) is 0 Å². The Hall–Kier alpha value is -1.19. The van der Waals surface area contributed by atoms with E-state index in [0.717, 1.165) is 13.0 Å². The molecule has 0 saturated carbocycles. The predicted molar refractivity (Wildman–Crippen MR) is 73.3 cm³/mol. The SMILES string of the molecule is Cc1cnc(CNC(C)Cc2ccccc2)s1. The maximum Gasteiger partial charge on any atom is 0.107 e. The fraction of sp³-hybridized carbons (Fsp3) is 0.357. The molecule has 1 atom stereocenters. The van der Waals surface area contributed by atoms with E-state index < -0.39 is 0 Å². The normalized spacial score (nSPS) is 12.6. The lowest BCUT2D eigenvalue weighted by Crippen LogP contribution is -2.27. The number of hydrogen-bond acceptors (Lipinski definition) is 3. The number of nitrogens with zero attached hydrogens (tertiary/aromatic N) is 1. The molecule has 1 N–H and O–H groups in total. The molecule has 3 heteroatoms. The summed E-state index contributed by atoms with van der Waals surface area (Å²) in [5.41, 5.74) is 1.38. The van der Waals surface area contributed by atoms with E-state index in [9.17, 15) is 0 Å². The van der Waals surface area contributed by atoms with Gasteiger partial charge in [0.25, 0.3) is 0 Å². The Balaban J connectivity index is 1.80. The van der Waals surface area contributed by atoms with E-state index in [4.69, 9.17) is 0 Å². The summed E-state index contributed by atoms with van der Waals surface area (Å²) >= 11 is 1.76. The van der Waals surface area contributed by atoms with Gasteiger partial charge in [0.2, 0.25) is 0 Å². The summed E-state index contributed by atoms with van der Waals surface area (Å²) < 4.78 is 0. The van der Waals surface area contributed by atoms with Crippen LogP contribution in [0.15, 0.2) is 36.5 Å². The van der Waals surface area contributed by atoms with Gasteiger partial charge in [-0.3, -0.25) is 0 Å². The van der Waals surface area contributed by atoms with Crippen LogP contribution in [-0.2, 0) is 13.0 Å². The minimum absolute atomic E-state index is 0.474. The van der Waals surface area contributed by atoms with Crippen LogP contribution >= 0.6 is 11.3 Å². The van der Waals surface area contributed by atoms with E-state index >= 15 is 0 Å². The summed E-state index contributed by atoms with van der Waals surface area (Å²) in [5, 5.41) is 4.68. The summed E-state index contributed by atoms with van der Waals surface area (Å²) in [6, 6.07) is 11.1. The van der Waals surface area contributed by atoms with Crippen molar-refractivity contribution in [1.82, 2.24) is 10.3 Å². The van der Waals surface area contributed by atoms with E-state index in [0.29, 0.717) is 6.04 Å². The standard InChI is InChI=1S/C14H18N2S/c1-11(8-13-6-4-3-5-7-13)15-10-14-16-9-12(2)17-14/h3-7,9,11,15H,8,10H2,1-2H3. The van der Waals surface area contributed by atoms with Gasteiger partial charge in [0, 0.05) is 23.7 Å². The lowest BCUT2D eigenvalue weighted by atomic mass is 10.1. The van der Waals surface area contributed by atoms with Crippen molar-refractivity contribution in [2.45, 2.75) is 32.9 Å². The molecule has 2 nitrogen and oxygen atoms in total. The average molecular weight is 246 g/mol. The summed E-state index contributed by atoms with van der Waals surface area (Å²) in [5.74, 6) is 0. The summed E-state index contributed by atoms with van der Waals surface area (Å²) in [6.45, 7) is 5.18. The van der Waals surface area contributed by atoms with Crippen LogP contribution in [0, 0.1) is 6.92 Å². The molecule has 0 bridgehead atoms. The highest BCUT2D eigenvalue weighted by atomic mass is 32.1. The second-order valence-electron chi connectivity index (χ2n) is 4.34. The molecule has 1 aromatic heterocycles. The molecule has 0 radical (unpaired) electrons. The molecular formula is C14H18N2S. The zero-order chi connectivity index (χ0) is 12.1. The Morgan fingerprint density at radius 3 is 2.71 bits per heavy atom.